The zero-order valence-electron chi connectivity index (χ0n) is 15.8. The second-order valence-corrected chi connectivity index (χ2v) is 7.56. The fourth-order valence-corrected chi connectivity index (χ4v) is 3.53. The highest BCUT2D eigenvalue weighted by atomic mass is 35.5. The Kier molecular flexibility index (Phi) is 6.96. The standard InChI is InChI=1S/C20H17ClN2O6S/c1-2-7-29-19(26)14-9-12(5-6-15(14)21)22-17(24)11-23-18(25)16(30-20(23)27)10-13-4-3-8-28-13/h3-6,8-10H,2,7,11H2,1H3,(H,22,24)/b16-10+. The summed E-state index contributed by atoms with van der Waals surface area (Å²) in [7, 11) is 0. The van der Waals surface area contributed by atoms with Crippen molar-refractivity contribution >= 4 is 58.1 Å². The minimum atomic E-state index is -0.605. The van der Waals surface area contributed by atoms with Crippen molar-refractivity contribution in [1.29, 1.82) is 0 Å². The van der Waals surface area contributed by atoms with E-state index in [9.17, 15) is 19.2 Å². The second-order valence-electron chi connectivity index (χ2n) is 6.16. The molecule has 8 nitrogen and oxygen atoms in total. The summed E-state index contributed by atoms with van der Waals surface area (Å²) in [6, 6.07) is 7.63. The van der Waals surface area contributed by atoms with Crippen molar-refractivity contribution < 1.29 is 28.3 Å². The minimum absolute atomic E-state index is 0.107. The topological polar surface area (TPSA) is 106 Å². The number of rotatable bonds is 7. The summed E-state index contributed by atoms with van der Waals surface area (Å²) in [5, 5.41) is 2.17. The molecule has 1 aliphatic rings. The van der Waals surface area contributed by atoms with Crippen LogP contribution in [0.15, 0.2) is 45.9 Å². The van der Waals surface area contributed by atoms with E-state index in [1.54, 1.807) is 12.1 Å². The van der Waals surface area contributed by atoms with Crippen LogP contribution < -0.4 is 5.32 Å². The third-order valence-corrected chi connectivity index (χ3v) is 5.14. The van der Waals surface area contributed by atoms with Crippen LogP contribution in [0.3, 0.4) is 0 Å². The first kappa shape index (κ1) is 21.7. The van der Waals surface area contributed by atoms with E-state index in [2.05, 4.69) is 5.32 Å². The highest BCUT2D eigenvalue weighted by molar-refractivity contribution is 8.18. The van der Waals surface area contributed by atoms with Gasteiger partial charge in [0.15, 0.2) is 0 Å². The number of ether oxygens (including phenoxy) is 1. The third-order valence-electron chi connectivity index (χ3n) is 3.90. The first-order valence-electron chi connectivity index (χ1n) is 8.94. The first-order chi connectivity index (χ1) is 14.4. The van der Waals surface area contributed by atoms with E-state index in [1.165, 1.54) is 30.5 Å². The van der Waals surface area contributed by atoms with Gasteiger partial charge >= 0.3 is 5.97 Å². The number of benzene rings is 1. The number of nitrogens with one attached hydrogen (secondary N) is 1. The van der Waals surface area contributed by atoms with Gasteiger partial charge in [0.25, 0.3) is 11.1 Å². The summed E-state index contributed by atoms with van der Waals surface area (Å²) in [6.45, 7) is 1.63. The molecule has 1 N–H and O–H groups in total. The number of amides is 3. The first-order valence-corrected chi connectivity index (χ1v) is 10.1. The SMILES string of the molecule is CCCOC(=O)c1cc(NC(=O)CN2C(=O)S/C(=C/c3ccco3)C2=O)ccc1Cl. The van der Waals surface area contributed by atoms with E-state index in [1.807, 2.05) is 6.92 Å². The number of furan rings is 1. The van der Waals surface area contributed by atoms with E-state index < -0.39 is 29.6 Å². The van der Waals surface area contributed by atoms with Gasteiger partial charge in [0.1, 0.15) is 12.3 Å². The van der Waals surface area contributed by atoms with E-state index in [0.29, 0.717) is 12.2 Å². The van der Waals surface area contributed by atoms with Gasteiger partial charge in [-0.2, -0.15) is 0 Å². The van der Waals surface area contributed by atoms with Gasteiger partial charge in [-0.1, -0.05) is 18.5 Å². The molecule has 10 heteroatoms. The van der Waals surface area contributed by atoms with Crippen molar-refractivity contribution in [2.45, 2.75) is 13.3 Å². The van der Waals surface area contributed by atoms with E-state index in [0.717, 1.165) is 16.7 Å². The molecule has 0 spiro atoms. The molecule has 1 aromatic carbocycles. The van der Waals surface area contributed by atoms with E-state index >= 15 is 0 Å². The maximum Gasteiger partial charge on any atom is 0.339 e. The molecule has 0 aliphatic carbocycles. The lowest BCUT2D eigenvalue weighted by atomic mass is 10.2. The highest BCUT2D eigenvalue weighted by Gasteiger charge is 2.36. The molecule has 1 aromatic heterocycles. The molecule has 0 unspecified atom stereocenters. The number of halogens is 1. The quantitative estimate of drug-likeness (QED) is 0.500. The molecule has 3 amide bonds. The lowest BCUT2D eigenvalue weighted by Gasteiger charge is -2.13. The molecule has 0 bridgehead atoms. The van der Waals surface area contributed by atoms with Crippen LogP contribution in [0.1, 0.15) is 29.5 Å². The number of carbonyl (C=O) groups is 4. The molecule has 0 atom stereocenters. The Bertz CT molecular complexity index is 1020. The summed E-state index contributed by atoms with van der Waals surface area (Å²) in [5.74, 6) is -1.37. The van der Waals surface area contributed by atoms with Crippen LogP contribution in [-0.4, -0.2) is 41.1 Å². The average molecular weight is 449 g/mol. The van der Waals surface area contributed by atoms with Crippen molar-refractivity contribution in [1.82, 2.24) is 4.90 Å². The average Bonchev–Trinajstić information content (AvgIpc) is 3.31. The zero-order chi connectivity index (χ0) is 21.7. The van der Waals surface area contributed by atoms with Crippen LogP contribution in [0.2, 0.25) is 5.02 Å². The molecular formula is C20H17ClN2O6S. The molecule has 3 rings (SSSR count). The monoisotopic (exact) mass is 448 g/mol. The number of anilines is 1. The Morgan fingerprint density at radius 2 is 2.10 bits per heavy atom. The molecule has 1 fully saturated rings. The smallest absolute Gasteiger partial charge is 0.339 e. The third kappa shape index (κ3) is 5.11. The van der Waals surface area contributed by atoms with Gasteiger partial charge in [-0.05, 0) is 48.5 Å². The minimum Gasteiger partial charge on any atom is -0.465 e. The lowest BCUT2D eigenvalue weighted by molar-refractivity contribution is -0.127. The van der Waals surface area contributed by atoms with Gasteiger partial charge in [0.05, 0.1) is 28.4 Å². The molecule has 1 aliphatic heterocycles. The van der Waals surface area contributed by atoms with Gasteiger partial charge in [-0.15, -0.1) is 0 Å². The fraction of sp³-hybridized carbons (Fsp3) is 0.200. The van der Waals surface area contributed by atoms with E-state index in [-0.39, 0.29) is 27.8 Å². The highest BCUT2D eigenvalue weighted by Crippen LogP contribution is 2.32. The van der Waals surface area contributed by atoms with Gasteiger partial charge in [0.2, 0.25) is 5.91 Å². The Morgan fingerprint density at radius 3 is 2.80 bits per heavy atom. The number of imide groups is 1. The van der Waals surface area contributed by atoms with Crippen molar-refractivity contribution in [3.63, 3.8) is 0 Å². The van der Waals surface area contributed by atoms with Gasteiger partial charge < -0.3 is 14.5 Å². The normalized spacial score (nSPS) is 15.0. The van der Waals surface area contributed by atoms with Crippen molar-refractivity contribution in [3.8, 4) is 0 Å². The number of esters is 1. The van der Waals surface area contributed by atoms with Crippen LogP contribution in [0.5, 0.6) is 0 Å². The number of thioether (sulfide) groups is 1. The maximum absolute atomic E-state index is 12.4. The predicted octanol–water partition coefficient (Wildman–Crippen LogP) is 4.17. The van der Waals surface area contributed by atoms with Crippen LogP contribution in [0.4, 0.5) is 10.5 Å². The molecule has 0 radical (unpaired) electrons. The molecule has 2 heterocycles. The summed E-state index contributed by atoms with van der Waals surface area (Å²) in [4.78, 5) is 50.0. The Balaban J connectivity index is 1.66. The zero-order valence-corrected chi connectivity index (χ0v) is 17.4. The predicted molar refractivity (Wildman–Crippen MR) is 112 cm³/mol. The Morgan fingerprint density at radius 1 is 1.30 bits per heavy atom. The van der Waals surface area contributed by atoms with Crippen LogP contribution in [-0.2, 0) is 14.3 Å². The number of carbonyl (C=O) groups excluding carboxylic acids is 4. The molecule has 156 valence electrons. The lowest BCUT2D eigenvalue weighted by Crippen LogP contribution is -2.36. The molecule has 0 saturated carbocycles. The Labute approximate surface area is 181 Å². The fourth-order valence-electron chi connectivity index (χ4n) is 2.51. The maximum atomic E-state index is 12.4. The van der Waals surface area contributed by atoms with Crippen LogP contribution >= 0.6 is 23.4 Å². The van der Waals surface area contributed by atoms with Crippen LogP contribution in [0, 0.1) is 0 Å². The number of nitrogens with zero attached hydrogens (tertiary/aromatic N) is 1. The van der Waals surface area contributed by atoms with Crippen molar-refractivity contribution in [3.05, 3.63) is 57.8 Å². The van der Waals surface area contributed by atoms with Crippen molar-refractivity contribution in [2.75, 3.05) is 18.5 Å². The Hall–Kier alpha value is -3.04. The van der Waals surface area contributed by atoms with Crippen molar-refractivity contribution in [2.24, 2.45) is 0 Å². The molecular weight excluding hydrogens is 432 g/mol. The number of hydrogen-bond acceptors (Lipinski definition) is 7. The molecule has 30 heavy (non-hydrogen) atoms. The van der Waals surface area contributed by atoms with Gasteiger partial charge in [-0.3, -0.25) is 19.3 Å². The summed E-state index contributed by atoms with van der Waals surface area (Å²) < 4.78 is 10.2. The molecule has 1 saturated heterocycles. The van der Waals surface area contributed by atoms with Crippen LogP contribution in [0.25, 0.3) is 6.08 Å². The van der Waals surface area contributed by atoms with Gasteiger partial charge in [-0.25, -0.2) is 4.79 Å². The summed E-state index contributed by atoms with van der Waals surface area (Å²) >= 11 is 6.75. The largest absolute Gasteiger partial charge is 0.465 e. The summed E-state index contributed by atoms with van der Waals surface area (Å²) in [6.07, 6.45) is 3.55. The van der Waals surface area contributed by atoms with Gasteiger partial charge in [0, 0.05) is 11.8 Å². The van der Waals surface area contributed by atoms with E-state index in [4.69, 9.17) is 20.8 Å². The second kappa shape index (κ2) is 9.64. The summed E-state index contributed by atoms with van der Waals surface area (Å²) in [5.41, 5.74) is 0.390. The number of hydrogen-bond donors (Lipinski definition) is 1. The molecule has 2 aromatic rings.